The molecule has 2 aromatic carbocycles. The second-order valence-corrected chi connectivity index (χ2v) is 8.88. The van der Waals surface area contributed by atoms with E-state index >= 15 is 0 Å². The van der Waals surface area contributed by atoms with E-state index in [0.717, 1.165) is 17.9 Å². The standard InChI is InChI=1S/C21H25N5OS2/c1-16(2)17-9-11-18(12-10-17)26-21(23-24-25-26)29-15-20(27)22-13-6-14-28-19-7-4-3-5-8-19/h3-5,7-12,16H,6,13-15H2,1-2H3,(H,22,27). The van der Waals surface area contributed by atoms with Gasteiger partial charge in [0, 0.05) is 11.4 Å². The minimum Gasteiger partial charge on any atom is -0.355 e. The Morgan fingerprint density at radius 1 is 1.07 bits per heavy atom. The number of hydrogen-bond acceptors (Lipinski definition) is 6. The van der Waals surface area contributed by atoms with Gasteiger partial charge in [0.2, 0.25) is 11.1 Å². The molecule has 0 aliphatic carbocycles. The maximum atomic E-state index is 12.1. The van der Waals surface area contributed by atoms with Crippen LogP contribution in [0.15, 0.2) is 64.6 Å². The monoisotopic (exact) mass is 427 g/mol. The third kappa shape index (κ3) is 6.61. The van der Waals surface area contributed by atoms with Crippen LogP contribution >= 0.6 is 23.5 Å². The van der Waals surface area contributed by atoms with Crippen LogP contribution in [0.3, 0.4) is 0 Å². The molecule has 0 atom stereocenters. The van der Waals surface area contributed by atoms with Crippen molar-refractivity contribution in [2.45, 2.75) is 36.2 Å². The number of aromatic nitrogens is 4. The van der Waals surface area contributed by atoms with Crippen molar-refractivity contribution >= 4 is 29.4 Å². The third-order valence-corrected chi connectivity index (χ3v) is 6.25. The summed E-state index contributed by atoms with van der Waals surface area (Å²) in [4.78, 5) is 13.4. The van der Waals surface area contributed by atoms with E-state index in [1.807, 2.05) is 30.3 Å². The van der Waals surface area contributed by atoms with Gasteiger partial charge in [-0.15, -0.1) is 16.9 Å². The molecule has 0 saturated heterocycles. The van der Waals surface area contributed by atoms with Crippen LogP contribution < -0.4 is 5.32 Å². The lowest BCUT2D eigenvalue weighted by Gasteiger charge is -2.08. The Morgan fingerprint density at radius 3 is 2.55 bits per heavy atom. The van der Waals surface area contributed by atoms with Crippen LogP contribution in [0.4, 0.5) is 0 Å². The zero-order valence-corrected chi connectivity index (χ0v) is 18.2. The molecule has 0 saturated carbocycles. The predicted molar refractivity (Wildman–Crippen MR) is 119 cm³/mol. The SMILES string of the molecule is CC(C)c1ccc(-n2nnnc2SCC(=O)NCCCSc2ccccc2)cc1. The Morgan fingerprint density at radius 2 is 1.83 bits per heavy atom. The number of amides is 1. The molecular weight excluding hydrogens is 402 g/mol. The molecule has 3 aromatic rings. The van der Waals surface area contributed by atoms with E-state index in [2.05, 4.69) is 59.0 Å². The summed E-state index contributed by atoms with van der Waals surface area (Å²) in [5, 5.41) is 15.4. The van der Waals surface area contributed by atoms with Crippen LogP contribution in [-0.2, 0) is 4.79 Å². The second-order valence-electron chi connectivity index (χ2n) is 6.77. The molecule has 0 aliphatic rings. The first-order valence-electron chi connectivity index (χ1n) is 9.59. The molecule has 1 N–H and O–H groups in total. The van der Waals surface area contributed by atoms with Crippen molar-refractivity contribution in [3.05, 3.63) is 60.2 Å². The van der Waals surface area contributed by atoms with Crippen molar-refractivity contribution in [2.75, 3.05) is 18.1 Å². The summed E-state index contributed by atoms with van der Waals surface area (Å²) in [6.45, 7) is 4.99. The van der Waals surface area contributed by atoms with Gasteiger partial charge in [0.15, 0.2) is 0 Å². The topological polar surface area (TPSA) is 72.7 Å². The van der Waals surface area contributed by atoms with E-state index in [0.29, 0.717) is 17.6 Å². The summed E-state index contributed by atoms with van der Waals surface area (Å²) >= 11 is 3.14. The van der Waals surface area contributed by atoms with E-state index in [4.69, 9.17) is 0 Å². The number of benzene rings is 2. The molecule has 0 bridgehead atoms. The number of tetrazole rings is 1. The highest BCUT2D eigenvalue weighted by molar-refractivity contribution is 7.99. The van der Waals surface area contributed by atoms with E-state index in [1.165, 1.54) is 22.2 Å². The van der Waals surface area contributed by atoms with Crippen LogP contribution in [-0.4, -0.2) is 44.2 Å². The van der Waals surface area contributed by atoms with Gasteiger partial charge >= 0.3 is 0 Å². The van der Waals surface area contributed by atoms with Crippen molar-refractivity contribution in [1.29, 1.82) is 0 Å². The average Bonchev–Trinajstić information content (AvgIpc) is 3.21. The highest BCUT2D eigenvalue weighted by atomic mass is 32.2. The molecule has 6 nitrogen and oxygen atoms in total. The summed E-state index contributed by atoms with van der Waals surface area (Å²) in [5.41, 5.74) is 2.15. The predicted octanol–water partition coefficient (Wildman–Crippen LogP) is 4.18. The molecule has 0 fully saturated rings. The lowest BCUT2D eigenvalue weighted by molar-refractivity contribution is -0.118. The number of carbonyl (C=O) groups excluding carboxylic acids is 1. The Bertz CT molecular complexity index is 897. The Balaban J connectivity index is 1.41. The first-order chi connectivity index (χ1) is 14.1. The van der Waals surface area contributed by atoms with E-state index in [1.54, 1.807) is 16.4 Å². The average molecular weight is 428 g/mol. The van der Waals surface area contributed by atoms with Crippen molar-refractivity contribution in [3.63, 3.8) is 0 Å². The molecule has 29 heavy (non-hydrogen) atoms. The molecule has 1 aromatic heterocycles. The van der Waals surface area contributed by atoms with Crippen LogP contribution in [0.5, 0.6) is 0 Å². The zero-order chi connectivity index (χ0) is 20.5. The first kappa shape index (κ1) is 21.4. The van der Waals surface area contributed by atoms with Gasteiger partial charge in [-0.2, -0.15) is 4.68 Å². The van der Waals surface area contributed by atoms with E-state index < -0.39 is 0 Å². The van der Waals surface area contributed by atoms with Crippen molar-refractivity contribution < 1.29 is 4.79 Å². The summed E-state index contributed by atoms with van der Waals surface area (Å²) in [6, 6.07) is 18.4. The number of carbonyl (C=O) groups is 1. The fourth-order valence-electron chi connectivity index (χ4n) is 2.62. The van der Waals surface area contributed by atoms with Crippen LogP contribution in [0.2, 0.25) is 0 Å². The lowest BCUT2D eigenvalue weighted by Crippen LogP contribution is -2.26. The highest BCUT2D eigenvalue weighted by Gasteiger charge is 2.12. The fraction of sp³-hybridized carbons (Fsp3) is 0.333. The van der Waals surface area contributed by atoms with Crippen LogP contribution in [0, 0.1) is 0 Å². The van der Waals surface area contributed by atoms with Crippen molar-refractivity contribution in [2.24, 2.45) is 0 Å². The van der Waals surface area contributed by atoms with E-state index in [-0.39, 0.29) is 11.7 Å². The summed E-state index contributed by atoms with van der Waals surface area (Å²) in [6.07, 6.45) is 0.926. The largest absolute Gasteiger partial charge is 0.355 e. The zero-order valence-electron chi connectivity index (χ0n) is 16.6. The maximum absolute atomic E-state index is 12.1. The van der Waals surface area contributed by atoms with Gasteiger partial charge in [-0.1, -0.05) is 55.9 Å². The number of nitrogens with zero attached hydrogens (tertiary/aromatic N) is 4. The molecule has 152 valence electrons. The van der Waals surface area contributed by atoms with E-state index in [9.17, 15) is 4.79 Å². The van der Waals surface area contributed by atoms with Gasteiger partial charge in [0.1, 0.15) is 0 Å². The Labute approximate surface area is 179 Å². The molecule has 1 heterocycles. The molecule has 0 aliphatic heterocycles. The normalized spacial score (nSPS) is 11.0. The molecule has 8 heteroatoms. The smallest absolute Gasteiger partial charge is 0.230 e. The molecule has 1 amide bonds. The molecule has 0 radical (unpaired) electrons. The fourth-order valence-corrected chi connectivity index (χ4v) is 4.21. The van der Waals surface area contributed by atoms with Gasteiger partial charge in [0.05, 0.1) is 11.4 Å². The van der Waals surface area contributed by atoms with Crippen LogP contribution in [0.1, 0.15) is 31.7 Å². The quantitative estimate of drug-likeness (QED) is 0.387. The minimum absolute atomic E-state index is 0.00980. The van der Waals surface area contributed by atoms with Gasteiger partial charge in [-0.3, -0.25) is 4.79 Å². The van der Waals surface area contributed by atoms with Gasteiger partial charge in [-0.05, 0) is 58.3 Å². The Hall–Kier alpha value is -2.32. The number of hydrogen-bond donors (Lipinski definition) is 1. The highest BCUT2D eigenvalue weighted by Crippen LogP contribution is 2.21. The molecular formula is C21H25N5OS2. The number of nitrogens with one attached hydrogen (secondary N) is 1. The third-order valence-electron chi connectivity index (χ3n) is 4.23. The minimum atomic E-state index is -0.00980. The van der Waals surface area contributed by atoms with Gasteiger partial charge in [0.25, 0.3) is 0 Å². The summed E-state index contributed by atoms with van der Waals surface area (Å²) < 4.78 is 1.67. The summed E-state index contributed by atoms with van der Waals surface area (Å²) in [5.74, 6) is 1.73. The molecule has 0 spiro atoms. The second kappa shape index (κ2) is 11.0. The number of rotatable bonds is 10. The first-order valence-corrected chi connectivity index (χ1v) is 11.6. The van der Waals surface area contributed by atoms with Crippen LogP contribution in [0.25, 0.3) is 5.69 Å². The number of thioether (sulfide) groups is 2. The maximum Gasteiger partial charge on any atom is 0.230 e. The Kier molecular flexibility index (Phi) is 8.13. The summed E-state index contributed by atoms with van der Waals surface area (Å²) in [7, 11) is 0. The molecule has 0 unspecified atom stereocenters. The van der Waals surface area contributed by atoms with Gasteiger partial charge < -0.3 is 5.32 Å². The van der Waals surface area contributed by atoms with Crippen molar-refractivity contribution in [1.82, 2.24) is 25.5 Å². The lowest BCUT2D eigenvalue weighted by atomic mass is 10.0. The molecule has 3 rings (SSSR count). The van der Waals surface area contributed by atoms with Crippen molar-refractivity contribution in [3.8, 4) is 5.69 Å². The van der Waals surface area contributed by atoms with Gasteiger partial charge in [-0.25, -0.2) is 0 Å².